The van der Waals surface area contributed by atoms with Crippen molar-refractivity contribution in [2.75, 3.05) is 26.7 Å². The van der Waals surface area contributed by atoms with E-state index in [1.807, 2.05) is 0 Å². The molecule has 0 aromatic carbocycles. The highest BCUT2D eigenvalue weighted by atomic mass is 15.2. The second-order valence-corrected chi connectivity index (χ2v) is 4.56. The summed E-state index contributed by atoms with van der Waals surface area (Å²) in [7, 11) is 2.09. The van der Waals surface area contributed by atoms with E-state index in [-0.39, 0.29) is 0 Å². The third-order valence-electron chi connectivity index (χ3n) is 3.69. The van der Waals surface area contributed by atoms with Crippen LogP contribution in [-0.4, -0.2) is 37.6 Å². The minimum atomic E-state index is 0.912. The van der Waals surface area contributed by atoms with Gasteiger partial charge in [-0.15, -0.1) is 0 Å². The van der Waals surface area contributed by atoms with Crippen molar-refractivity contribution in [3.63, 3.8) is 0 Å². The van der Waals surface area contributed by atoms with Crippen molar-refractivity contribution in [2.45, 2.75) is 38.1 Å². The van der Waals surface area contributed by atoms with E-state index in [9.17, 15) is 0 Å². The van der Waals surface area contributed by atoms with Crippen molar-refractivity contribution in [1.29, 1.82) is 0 Å². The average molecular weight is 182 g/mol. The maximum absolute atomic E-state index is 3.34. The van der Waals surface area contributed by atoms with E-state index in [0.29, 0.717) is 0 Å². The molecule has 76 valence electrons. The van der Waals surface area contributed by atoms with Crippen molar-refractivity contribution in [1.82, 2.24) is 10.2 Å². The summed E-state index contributed by atoms with van der Waals surface area (Å²) < 4.78 is 0. The second-order valence-electron chi connectivity index (χ2n) is 4.56. The van der Waals surface area contributed by atoms with E-state index in [2.05, 4.69) is 17.3 Å². The number of fused-ring (bicyclic) bond motifs is 1. The minimum absolute atomic E-state index is 0.912. The van der Waals surface area contributed by atoms with Crippen LogP contribution in [0.5, 0.6) is 0 Å². The van der Waals surface area contributed by atoms with Crippen molar-refractivity contribution < 1.29 is 0 Å². The van der Waals surface area contributed by atoms with Crippen molar-refractivity contribution >= 4 is 0 Å². The first kappa shape index (κ1) is 9.47. The van der Waals surface area contributed by atoms with Gasteiger partial charge in [-0.05, 0) is 58.3 Å². The maximum atomic E-state index is 3.34. The summed E-state index contributed by atoms with van der Waals surface area (Å²) in [5, 5.41) is 3.34. The van der Waals surface area contributed by atoms with E-state index in [0.717, 1.165) is 12.0 Å². The standard InChI is InChI=1S/C11H22N2/c1-12-9-10-5-4-8-13-7-3-2-6-11(10)13/h10-12H,2-9H2,1H3. The Morgan fingerprint density at radius 3 is 2.85 bits per heavy atom. The number of hydrogen-bond donors (Lipinski definition) is 1. The lowest BCUT2D eigenvalue weighted by molar-refractivity contribution is 0.0603. The summed E-state index contributed by atoms with van der Waals surface area (Å²) in [5.41, 5.74) is 0. The molecule has 0 aromatic heterocycles. The number of piperidine rings is 2. The first-order chi connectivity index (χ1) is 6.42. The van der Waals surface area contributed by atoms with E-state index in [4.69, 9.17) is 0 Å². The van der Waals surface area contributed by atoms with E-state index in [1.165, 1.54) is 51.7 Å². The Labute approximate surface area is 81.7 Å². The summed E-state index contributed by atoms with van der Waals surface area (Å²) in [6.07, 6.45) is 7.21. The first-order valence-electron chi connectivity index (χ1n) is 5.80. The number of nitrogens with zero attached hydrogens (tertiary/aromatic N) is 1. The fourth-order valence-electron chi connectivity index (χ4n) is 3.08. The molecular formula is C11H22N2. The van der Waals surface area contributed by atoms with Crippen LogP contribution in [0.25, 0.3) is 0 Å². The van der Waals surface area contributed by atoms with E-state index < -0.39 is 0 Å². The molecule has 2 heteroatoms. The molecule has 0 radical (unpaired) electrons. The summed E-state index contributed by atoms with van der Waals surface area (Å²) in [4.78, 5) is 2.73. The fraction of sp³-hybridized carbons (Fsp3) is 1.00. The van der Waals surface area contributed by atoms with Crippen LogP contribution in [-0.2, 0) is 0 Å². The quantitative estimate of drug-likeness (QED) is 0.695. The fourth-order valence-corrected chi connectivity index (χ4v) is 3.08. The topological polar surface area (TPSA) is 15.3 Å². The lowest BCUT2D eigenvalue weighted by Gasteiger charge is -2.44. The Morgan fingerprint density at radius 1 is 1.15 bits per heavy atom. The molecule has 2 atom stereocenters. The molecule has 2 fully saturated rings. The Morgan fingerprint density at radius 2 is 2.00 bits per heavy atom. The molecule has 1 N–H and O–H groups in total. The molecule has 0 amide bonds. The summed E-state index contributed by atoms with van der Waals surface area (Å²) in [6.45, 7) is 3.96. The zero-order valence-electron chi connectivity index (χ0n) is 8.76. The molecular weight excluding hydrogens is 160 g/mol. The van der Waals surface area contributed by atoms with Gasteiger partial charge in [-0.2, -0.15) is 0 Å². The van der Waals surface area contributed by atoms with Gasteiger partial charge in [0.25, 0.3) is 0 Å². The van der Waals surface area contributed by atoms with Crippen LogP contribution in [0, 0.1) is 5.92 Å². The minimum Gasteiger partial charge on any atom is -0.319 e. The average Bonchev–Trinajstić information content (AvgIpc) is 2.19. The van der Waals surface area contributed by atoms with Crippen LogP contribution in [0.4, 0.5) is 0 Å². The van der Waals surface area contributed by atoms with Gasteiger partial charge in [0.15, 0.2) is 0 Å². The lowest BCUT2D eigenvalue weighted by Crippen LogP contribution is -2.50. The van der Waals surface area contributed by atoms with Crippen LogP contribution in [0.3, 0.4) is 0 Å². The molecule has 2 rings (SSSR count). The maximum Gasteiger partial charge on any atom is 0.0136 e. The molecule has 2 aliphatic rings. The number of nitrogens with one attached hydrogen (secondary N) is 1. The van der Waals surface area contributed by atoms with E-state index >= 15 is 0 Å². The van der Waals surface area contributed by atoms with Crippen LogP contribution in [0.1, 0.15) is 32.1 Å². The van der Waals surface area contributed by atoms with Crippen LogP contribution in [0.2, 0.25) is 0 Å². The molecule has 0 bridgehead atoms. The summed E-state index contributed by atoms with van der Waals surface area (Å²) in [6, 6.07) is 0.912. The van der Waals surface area contributed by atoms with Gasteiger partial charge in [0.05, 0.1) is 0 Å². The van der Waals surface area contributed by atoms with Crippen LogP contribution < -0.4 is 5.32 Å². The predicted molar refractivity (Wildman–Crippen MR) is 55.9 cm³/mol. The Hall–Kier alpha value is -0.0800. The molecule has 0 aromatic rings. The molecule has 0 saturated carbocycles. The molecule has 2 nitrogen and oxygen atoms in total. The largest absolute Gasteiger partial charge is 0.319 e. The monoisotopic (exact) mass is 182 g/mol. The van der Waals surface area contributed by atoms with Gasteiger partial charge in [0.1, 0.15) is 0 Å². The third-order valence-corrected chi connectivity index (χ3v) is 3.69. The first-order valence-corrected chi connectivity index (χ1v) is 5.80. The zero-order valence-corrected chi connectivity index (χ0v) is 8.76. The Bertz CT molecular complexity index is 154. The van der Waals surface area contributed by atoms with Gasteiger partial charge in [0.2, 0.25) is 0 Å². The molecule has 13 heavy (non-hydrogen) atoms. The highest BCUT2D eigenvalue weighted by Gasteiger charge is 2.32. The summed E-state index contributed by atoms with van der Waals surface area (Å²) in [5.74, 6) is 0.930. The van der Waals surface area contributed by atoms with Crippen molar-refractivity contribution in [3.05, 3.63) is 0 Å². The van der Waals surface area contributed by atoms with Crippen LogP contribution >= 0.6 is 0 Å². The highest BCUT2D eigenvalue weighted by molar-refractivity contribution is 4.87. The number of rotatable bonds is 2. The second kappa shape index (κ2) is 4.43. The molecule has 0 aliphatic carbocycles. The highest BCUT2D eigenvalue weighted by Crippen LogP contribution is 2.30. The molecule has 0 spiro atoms. The molecule has 2 heterocycles. The third kappa shape index (κ3) is 2.05. The van der Waals surface area contributed by atoms with Gasteiger partial charge >= 0.3 is 0 Å². The normalized spacial score (nSPS) is 35.8. The zero-order chi connectivity index (χ0) is 9.10. The van der Waals surface area contributed by atoms with Gasteiger partial charge in [-0.1, -0.05) is 6.42 Å². The van der Waals surface area contributed by atoms with Crippen molar-refractivity contribution in [3.8, 4) is 0 Å². The van der Waals surface area contributed by atoms with Gasteiger partial charge < -0.3 is 10.2 Å². The van der Waals surface area contributed by atoms with Crippen molar-refractivity contribution in [2.24, 2.45) is 5.92 Å². The molecule has 2 saturated heterocycles. The van der Waals surface area contributed by atoms with Crippen LogP contribution in [0.15, 0.2) is 0 Å². The lowest BCUT2D eigenvalue weighted by atomic mass is 9.83. The smallest absolute Gasteiger partial charge is 0.0136 e. The molecule has 2 unspecified atom stereocenters. The SMILES string of the molecule is CNCC1CCCN2CCCCC12. The van der Waals surface area contributed by atoms with Gasteiger partial charge in [-0.3, -0.25) is 0 Å². The summed E-state index contributed by atoms with van der Waals surface area (Å²) >= 11 is 0. The van der Waals surface area contributed by atoms with Gasteiger partial charge in [-0.25, -0.2) is 0 Å². The van der Waals surface area contributed by atoms with E-state index in [1.54, 1.807) is 0 Å². The number of hydrogen-bond acceptors (Lipinski definition) is 2. The predicted octanol–water partition coefficient (Wildman–Crippen LogP) is 1.47. The molecule has 2 aliphatic heterocycles. The Balaban J connectivity index is 1.94. The van der Waals surface area contributed by atoms with Gasteiger partial charge in [0, 0.05) is 6.04 Å². The Kier molecular flexibility index (Phi) is 3.23.